The number of imide groups is 1. The fraction of sp³-hybridized carbons (Fsp3) is 0.704. The topological polar surface area (TPSA) is 231 Å². The number of fused-ring (bicyclic) bond motifs is 1. The van der Waals surface area contributed by atoms with Crippen LogP contribution >= 0.6 is 7.60 Å². The molecule has 0 saturated carbocycles. The first-order valence-corrected chi connectivity index (χ1v) is 16.1. The van der Waals surface area contributed by atoms with Crippen molar-refractivity contribution in [2.24, 2.45) is 0 Å². The van der Waals surface area contributed by atoms with Crippen molar-refractivity contribution in [2.45, 2.75) is 81.7 Å². The molecule has 248 valence electrons. The number of aliphatic hydroxyl groups excluding tert-OH is 6. The molecule has 2 saturated heterocycles. The number of carbonyl (C=O) groups is 2. The highest BCUT2D eigenvalue weighted by atomic mass is 31.2. The minimum absolute atomic E-state index is 0.101. The van der Waals surface area contributed by atoms with E-state index in [1.165, 1.54) is 12.1 Å². The zero-order valence-corrected chi connectivity index (χ0v) is 25.2. The second-order valence-corrected chi connectivity index (χ2v) is 12.6. The SMILES string of the molecule is CCOP(=O)(CCC1O[C@H](OC2C(O)[C@H](O)C(CO)O[C@@H]2OCCN2C(=O)c3ccccc3C2=O)C(O)C(O)[C@@H]1O)OCC. The van der Waals surface area contributed by atoms with Crippen LogP contribution in [0, 0.1) is 0 Å². The summed E-state index contributed by atoms with van der Waals surface area (Å²) in [5, 5.41) is 62.7. The van der Waals surface area contributed by atoms with E-state index in [1.807, 2.05) is 0 Å². The Kier molecular flexibility index (Phi) is 12.0. The maximum atomic E-state index is 12.9. The van der Waals surface area contributed by atoms with Gasteiger partial charge in [0.15, 0.2) is 12.6 Å². The van der Waals surface area contributed by atoms with E-state index >= 15 is 0 Å². The number of aliphatic hydroxyl groups is 6. The van der Waals surface area contributed by atoms with Gasteiger partial charge in [-0.2, -0.15) is 0 Å². The van der Waals surface area contributed by atoms with E-state index in [2.05, 4.69) is 0 Å². The smallest absolute Gasteiger partial charge is 0.330 e. The van der Waals surface area contributed by atoms with Crippen molar-refractivity contribution in [2.75, 3.05) is 39.1 Å². The highest BCUT2D eigenvalue weighted by Crippen LogP contribution is 2.49. The van der Waals surface area contributed by atoms with Crippen molar-refractivity contribution in [1.82, 2.24) is 4.90 Å². The number of benzene rings is 1. The predicted molar refractivity (Wildman–Crippen MR) is 147 cm³/mol. The van der Waals surface area contributed by atoms with E-state index in [1.54, 1.807) is 26.0 Å². The molecular weight excluding hydrogens is 609 g/mol. The summed E-state index contributed by atoms with van der Waals surface area (Å²) < 4.78 is 46.2. The molecule has 3 aliphatic rings. The van der Waals surface area contributed by atoms with E-state index in [-0.39, 0.29) is 50.1 Å². The van der Waals surface area contributed by atoms with Crippen LogP contribution in [0.5, 0.6) is 0 Å². The first-order valence-electron chi connectivity index (χ1n) is 14.4. The van der Waals surface area contributed by atoms with E-state index < -0.39 is 87.4 Å². The van der Waals surface area contributed by atoms with Gasteiger partial charge in [-0.05, 0) is 32.4 Å². The average Bonchev–Trinajstić information content (AvgIpc) is 3.25. The van der Waals surface area contributed by atoms with E-state index in [0.717, 1.165) is 4.90 Å². The van der Waals surface area contributed by atoms with Gasteiger partial charge in [-0.1, -0.05) is 12.1 Å². The minimum Gasteiger partial charge on any atom is -0.394 e. The van der Waals surface area contributed by atoms with Gasteiger partial charge in [-0.3, -0.25) is 19.1 Å². The second-order valence-electron chi connectivity index (χ2n) is 10.5. The first-order chi connectivity index (χ1) is 21.0. The Morgan fingerprint density at radius 1 is 0.818 bits per heavy atom. The zero-order valence-electron chi connectivity index (χ0n) is 24.3. The van der Waals surface area contributed by atoms with Crippen LogP contribution in [0.25, 0.3) is 0 Å². The molecule has 17 heteroatoms. The van der Waals surface area contributed by atoms with Gasteiger partial charge < -0.3 is 58.6 Å². The molecule has 3 aliphatic heterocycles. The highest BCUT2D eigenvalue weighted by molar-refractivity contribution is 7.53. The summed E-state index contributed by atoms with van der Waals surface area (Å²) in [6, 6.07) is 6.30. The van der Waals surface area contributed by atoms with Gasteiger partial charge in [0, 0.05) is 0 Å². The predicted octanol–water partition coefficient (Wildman–Crippen LogP) is -1.41. The third kappa shape index (κ3) is 7.39. The van der Waals surface area contributed by atoms with Crippen molar-refractivity contribution in [3.8, 4) is 0 Å². The molecule has 4 rings (SSSR count). The second kappa shape index (κ2) is 15.1. The lowest BCUT2D eigenvalue weighted by molar-refractivity contribution is -0.366. The molecule has 10 atom stereocenters. The lowest BCUT2D eigenvalue weighted by Gasteiger charge is -2.46. The molecule has 1 aromatic rings. The summed E-state index contributed by atoms with van der Waals surface area (Å²) in [6.45, 7) is 2.24. The minimum atomic E-state index is -3.56. The Hall–Kier alpha value is -1.89. The highest BCUT2D eigenvalue weighted by Gasteiger charge is 2.51. The lowest BCUT2D eigenvalue weighted by atomic mass is 9.96. The van der Waals surface area contributed by atoms with Gasteiger partial charge in [0.05, 0.1) is 56.4 Å². The maximum Gasteiger partial charge on any atom is 0.330 e. The van der Waals surface area contributed by atoms with Crippen LogP contribution in [-0.2, 0) is 32.6 Å². The molecule has 16 nitrogen and oxygen atoms in total. The summed E-state index contributed by atoms with van der Waals surface area (Å²) in [5.74, 6) is -1.04. The number of nitrogens with zero attached hydrogens (tertiary/aromatic N) is 1. The molecule has 3 heterocycles. The van der Waals surface area contributed by atoms with E-state index in [9.17, 15) is 44.8 Å². The summed E-state index contributed by atoms with van der Waals surface area (Å²) in [4.78, 5) is 26.3. The van der Waals surface area contributed by atoms with Crippen molar-refractivity contribution in [1.29, 1.82) is 0 Å². The molecule has 0 bridgehead atoms. The van der Waals surface area contributed by atoms with Crippen LogP contribution in [0.1, 0.15) is 41.0 Å². The number of ether oxygens (including phenoxy) is 4. The molecule has 0 aromatic heterocycles. The average molecular weight is 650 g/mol. The van der Waals surface area contributed by atoms with Gasteiger partial charge >= 0.3 is 7.60 Å². The van der Waals surface area contributed by atoms with E-state index in [0.29, 0.717) is 0 Å². The fourth-order valence-corrected chi connectivity index (χ4v) is 7.00. The summed E-state index contributed by atoms with van der Waals surface area (Å²) >= 11 is 0. The van der Waals surface area contributed by atoms with Crippen molar-refractivity contribution >= 4 is 19.4 Å². The Morgan fingerprint density at radius 3 is 1.95 bits per heavy atom. The standard InChI is InChI=1S/C27H40NO15P/c1-3-39-44(37,40-4-2)12-9-16-18(30)20(32)22(34)26(41-16)43-23-21(33)19(31)17(13-29)42-27(23)38-11-10-28-24(35)14-7-5-6-8-15(14)25(28)36/h5-8,16-23,26-27,29-34H,3-4,9-13H2,1-2H3/t16?,17?,18-,19-,20?,21?,22?,23?,26-,27+/m1/s1. The van der Waals surface area contributed by atoms with Crippen molar-refractivity contribution in [3.05, 3.63) is 35.4 Å². The first kappa shape index (κ1) is 35.0. The number of amides is 2. The molecule has 2 amide bonds. The summed E-state index contributed by atoms with van der Waals surface area (Å²) in [5.41, 5.74) is 0.480. The van der Waals surface area contributed by atoms with Crippen LogP contribution in [0.4, 0.5) is 0 Å². The summed E-state index contributed by atoms with van der Waals surface area (Å²) in [6.07, 6.45) is -16.4. The zero-order chi connectivity index (χ0) is 32.2. The van der Waals surface area contributed by atoms with Crippen LogP contribution < -0.4 is 0 Å². The van der Waals surface area contributed by atoms with Gasteiger partial charge in [0.1, 0.15) is 42.7 Å². The maximum absolute atomic E-state index is 12.9. The molecule has 0 radical (unpaired) electrons. The molecule has 1 aromatic carbocycles. The molecule has 0 aliphatic carbocycles. The molecule has 6 N–H and O–H groups in total. The van der Waals surface area contributed by atoms with Gasteiger partial charge in [0.25, 0.3) is 11.8 Å². The Balaban J connectivity index is 1.45. The third-order valence-corrected chi connectivity index (χ3v) is 9.71. The van der Waals surface area contributed by atoms with Crippen LogP contribution in [0.3, 0.4) is 0 Å². The van der Waals surface area contributed by atoms with Crippen molar-refractivity contribution < 1.29 is 72.8 Å². The number of hydrogen-bond acceptors (Lipinski definition) is 15. The molecule has 44 heavy (non-hydrogen) atoms. The van der Waals surface area contributed by atoms with Gasteiger partial charge in [-0.15, -0.1) is 0 Å². The Bertz CT molecular complexity index is 1140. The van der Waals surface area contributed by atoms with Crippen LogP contribution in [-0.4, -0.2) is 148 Å². The molecular formula is C27H40NO15P. The van der Waals surface area contributed by atoms with Gasteiger partial charge in [-0.25, -0.2) is 0 Å². The number of hydrogen-bond donors (Lipinski definition) is 6. The molecule has 0 spiro atoms. The molecule has 6 unspecified atom stereocenters. The Labute approximate surface area is 253 Å². The lowest BCUT2D eigenvalue weighted by Crippen LogP contribution is -2.64. The quantitative estimate of drug-likeness (QED) is 0.100. The largest absolute Gasteiger partial charge is 0.394 e. The number of rotatable bonds is 14. The van der Waals surface area contributed by atoms with E-state index in [4.69, 9.17) is 28.0 Å². The van der Waals surface area contributed by atoms with Crippen LogP contribution in [0.2, 0.25) is 0 Å². The Morgan fingerprint density at radius 2 is 1.39 bits per heavy atom. The normalized spacial score (nSPS) is 34.4. The summed E-state index contributed by atoms with van der Waals surface area (Å²) in [7, 11) is -3.56. The van der Waals surface area contributed by atoms with Crippen LogP contribution in [0.15, 0.2) is 24.3 Å². The fourth-order valence-electron chi connectivity index (χ4n) is 5.31. The molecule has 2 fully saturated rings. The van der Waals surface area contributed by atoms with Crippen molar-refractivity contribution in [3.63, 3.8) is 0 Å². The number of carbonyl (C=O) groups excluding carboxylic acids is 2. The monoisotopic (exact) mass is 649 g/mol. The third-order valence-electron chi connectivity index (χ3n) is 7.60. The van der Waals surface area contributed by atoms with Gasteiger partial charge in [0.2, 0.25) is 0 Å².